The molecular weight excluding hydrogens is 380 g/mol. The molecule has 156 valence electrons. The molecule has 1 atom stereocenters. The summed E-state index contributed by atoms with van der Waals surface area (Å²) < 4.78 is 0. The lowest BCUT2D eigenvalue weighted by Crippen LogP contribution is -2.52. The van der Waals surface area contributed by atoms with E-state index in [0.29, 0.717) is 12.3 Å². The monoisotopic (exact) mass is 412 g/mol. The van der Waals surface area contributed by atoms with E-state index in [0.717, 1.165) is 16.0 Å². The van der Waals surface area contributed by atoms with E-state index in [4.69, 9.17) is 0 Å². The van der Waals surface area contributed by atoms with Crippen LogP contribution in [0.2, 0.25) is 0 Å². The van der Waals surface area contributed by atoms with Crippen molar-refractivity contribution in [1.29, 1.82) is 0 Å². The van der Waals surface area contributed by atoms with E-state index in [1.807, 2.05) is 83.1 Å². The molecule has 1 N–H and O–H groups in total. The van der Waals surface area contributed by atoms with Crippen molar-refractivity contribution in [2.75, 3.05) is 5.75 Å². The summed E-state index contributed by atoms with van der Waals surface area (Å²) in [6, 6.07) is 15.5. The maximum atomic E-state index is 13.1. The number of benzene rings is 2. The fraction of sp³-hybridized carbons (Fsp3) is 0.417. The highest BCUT2D eigenvalue weighted by molar-refractivity contribution is 8.00. The summed E-state index contributed by atoms with van der Waals surface area (Å²) in [4.78, 5) is 28.6. The van der Waals surface area contributed by atoms with Gasteiger partial charge in [-0.05, 0) is 64.8 Å². The summed E-state index contributed by atoms with van der Waals surface area (Å²) in [6.45, 7) is 12.1. The van der Waals surface area contributed by atoms with Gasteiger partial charge in [0.1, 0.15) is 6.04 Å². The van der Waals surface area contributed by atoms with E-state index in [9.17, 15) is 9.59 Å². The van der Waals surface area contributed by atoms with Gasteiger partial charge in [-0.1, -0.05) is 42.0 Å². The Morgan fingerprint density at radius 1 is 1.03 bits per heavy atom. The fourth-order valence-corrected chi connectivity index (χ4v) is 3.67. The Bertz CT molecular complexity index is 841. The van der Waals surface area contributed by atoms with Crippen molar-refractivity contribution >= 4 is 23.6 Å². The summed E-state index contributed by atoms with van der Waals surface area (Å²) >= 11 is 1.50. The molecule has 0 saturated heterocycles. The predicted octanol–water partition coefficient (Wildman–Crippen LogP) is 4.73. The number of amides is 2. The molecule has 0 bridgehead atoms. The number of nitrogens with one attached hydrogen (secondary N) is 1. The maximum absolute atomic E-state index is 13.1. The highest BCUT2D eigenvalue weighted by Gasteiger charge is 2.28. The number of hydrogen-bond donors (Lipinski definition) is 1. The van der Waals surface area contributed by atoms with E-state index in [1.165, 1.54) is 17.3 Å². The van der Waals surface area contributed by atoms with Gasteiger partial charge < -0.3 is 10.2 Å². The van der Waals surface area contributed by atoms with Gasteiger partial charge >= 0.3 is 0 Å². The summed E-state index contributed by atoms with van der Waals surface area (Å²) in [6.07, 6.45) is 0. The standard InChI is InChI=1S/C24H32N2O2S/c1-17-11-13-21(14-12-17)29-16-22(27)26(15-20-10-8-7-9-18(20)2)19(3)23(28)25-24(4,5)6/h7-14,19H,15-16H2,1-6H3,(H,25,28)/t19-/m0/s1. The molecule has 0 aromatic heterocycles. The van der Waals surface area contributed by atoms with Crippen molar-refractivity contribution < 1.29 is 9.59 Å². The first-order chi connectivity index (χ1) is 13.6. The lowest BCUT2D eigenvalue weighted by atomic mass is 10.1. The van der Waals surface area contributed by atoms with Crippen LogP contribution in [-0.4, -0.2) is 34.0 Å². The zero-order chi connectivity index (χ0) is 21.6. The molecule has 0 aliphatic carbocycles. The largest absolute Gasteiger partial charge is 0.350 e. The topological polar surface area (TPSA) is 49.4 Å². The van der Waals surface area contributed by atoms with Gasteiger partial charge in [0.2, 0.25) is 11.8 Å². The van der Waals surface area contributed by atoms with E-state index < -0.39 is 6.04 Å². The number of rotatable bonds is 7. The van der Waals surface area contributed by atoms with Crippen molar-refractivity contribution in [3.8, 4) is 0 Å². The number of hydrogen-bond acceptors (Lipinski definition) is 3. The second kappa shape index (κ2) is 9.97. The zero-order valence-corrected chi connectivity index (χ0v) is 19.1. The molecule has 2 aromatic carbocycles. The molecule has 2 rings (SSSR count). The molecule has 4 nitrogen and oxygen atoms in total. The predicted molar refractivity (Wildman–Crippen MR) is 121 cm³/mol. The Balaban J connectivity index is 2.18. The SMILES string of the molecule is Cc1ccc(SCC(=O)N(Cc2ccccc2C)[C@@H](C)C(=O)NC(C)(C)C)cc1. The van der Waals surface area contributed by atoms with Crippen LogP contribution in [0.25, 0.3) is 0 Å². The molecule has 0 saturated carbocycles. The Morgan fingerprint density at radius 2 is 1.66 bits per heavy atom. The van der Waals surface area contributed by atoms with Crippen LogP contribution >= 0.6 is 11.8 Å². The molecule has 2 amide bonds. The van der Waals surface area contributed by atoms with Gasteiger partial charge in [-0.25, -0.2) is 0 Å². The Morgan fingerprint density at radius 3 is 2.24 bits per heavy atom. The van der Waals surface area contributed by atoms with Gasteiger partial charge in [0.05, 0.1) is 5.75 Å². The third-order valence-electron chi connectivity index (χ3n) is 4.65. The fourth-order valence-electron chi connectivity index (χ4n) is 2.89. The van der Waals surface area contributed by atoms with E-state index in [2.05, 4.69) is 5.32 Å². The van der Waals surface area contributed by atoms with Crippen molar-refractivity contribution in [1.82, 2.24) is 10.2 Å². The molecule has 0 aliphatic heterocycles. The number of aryl methyl sites for hydroxylation is 2. The third-order valence-corrected chi connectivity index (χ3v) is 5.65. The minimum absolute atomic E-state index is 0.0459. The summed E-state index contributed by atoms with van der Waals surface area (Å²) in [5, 5.41) is 3.00. The van der Waals surface area contributed by atoms with Crippen LogP contribution in [0.4, 0.5) is 0 Å². The highest BCUT2D eigenvalue weighted by Crippen LogP contribution is 2.21. The first-order valence-corrected chi connectivity index (χ1v) is 10.9. The number of carbonyl (C=O) groups is 2. The van der Waals surface area contributed by atoms with Crippen LogP contribution < -0.4 is 5.32 Å². The average molecular weight is 413 g/mol. The molecule has 0 fully saturated rings. The first-order valence-electron chi connectivity index (χ1n) is 9.92. The van der Waals surface area contributed by atoms with E-state index >= 15 is 0 Å². The van der Waals surface area contributed by atoms with Crippen LogP contribution in [0.5, 0.6) is 0 Å². The van der Waals surface area contributed by atoms with Crippen LogP contribution in [-0.2, 0) is 16.1 Å². The molecule has 2 aromatic rings. The van der Waals surface area contributed by atoms with Gasteiger partial charge in [-0.3, -0.25) is 9.59 Å². The lowest BCUT2D eigenvalue weighted by molar-refractivity contribution is -0.139. The first kappa shape index (κ1) is 23.0. The Kier molecular flexibility index (Phi) is 7.91. The van der Waals surface area contributed by atoms with Crippen molar-refractivity contribution in [3.05, 3.63) is 65.2 Å². The molecule has 5 heteroatoms. The number of nitrogens with zero attached hydrogens (tertiary/aromatic N) is 1. The number of thioether (sulfide) groups is 1. The minimum atomic E-state index is -0.556. The molecule has 0 spiro atoms. The van der Waals surface area contributed by atoms with Crippen LogP contribution in [0, 0.1) is 13.8 Å². The second-order valence-electron chi connectivity index (χ2n) is 8.47. The van der Waals surface area contributed by atoms with Crippen LogP contribution in [0.1, 0.15) is 44.4 Å². The van der Waals surface area contributed by atoms with Gasteiger partial charge in [-0.15, -0.1) is 11.8 Å². The van der Waals surface area contributed by atoms with Crippen molar-refractivity contribution in [3.63, 3.8) is 0 Å². The van der Waals surface area contributed by atoms with Crippen LogP contribution in [0.3, 0.4) is 0 Å². The summed E-state index contributed by atoms with van der Waals surface area (Å²) in [7, 11) is 0. The molecule has 0 aliphatic rings. The summed E-state index contributed by atoms with van der Waals surface area (Å²) in [5.41, 5.74) is 3.00. The molecule has 0 radical (unpaired) electrons. The average Bonchev–Trinajstić information content (AvgIpc) is 2.65. The Labute approximate surface area is 179 Å². The quantitative estimate of drug-likeness (QED) is 0.669. The molecule has 29 heavy (non-hydrogen) atoms. The molecule has 0 heterocycles. The van der Waals surface area contributed by atoms with Crippen molar-refractivity contribution in [2.24, 2.45) is 0 Å². The third kappa shape index (κ3) is 7.24. The van der Waals surface area contributed by atoms with Gasteiger partial charge in [-0.2, -0.15) is 0 Å². The van der Waals surface area contributed by atoms with Gasteiger partial charge in [0, 0.05) is 17.0 Å². The lowest BCUT2D eigenvalue weighted by Gasteiger charge is -2.31. The van der Waals surface area contributed by atoms with E-state index in [-0.39, 0.29) is 17.4 Å². The summed E-state index contributed by atoms with van der Waals surface area (Å²) in [5.74, 6) is 0.109. The van der Waals surface area contributed by atoms with E-state index in [1.54, 1.807) is 11.8 Å². The van der Waals surface area contributed by atoms with Crippen LogP contribution in [0.15, 0.2) is 53.4 Å². The maximum Gasteiger partial charge on any atom is 0.242 e. The zero-order valence-electron chi connectivity index (χ0n) is 18.3. The normalized spacial score (nSPS) is 12.3. The number of carbonyl (C=O) groups excluding carboxylic acids is 2. The van der Waals surface area contributed by atoms with Crippen molar-refractivity contribution in [2.45, 2.75) is 64.6 Å². The van der Waals surface area contributed by atoms with Gasteiger partial charge in [0.15, 0.2) is 0 Å². The van der Waals surface area contributed by atoms with Gasteiger partial charge in [0.25, 0.3) is 0 Å². The second-order valence-corrected chi connectivity index (χ2v) is 9.51. The molecule has 0 unspecified atom stereocenters. The smallest absolute Gasteiger partial charge is 0.242 e. The minimum Gasteiger partial charge on any atom is -0.350 e. The highest BCUT2D eigenvalue weighted by atomic mass is 32.2. The molecular formula is C24H32N2O2S. The Hall–Kier alpha value is -2.27.